The molecule has 0 spiro atoms. The van der Waals surface area contributed by atoms with Gasteiger partial charge in [-0.2, -0.15) is 0 Å². The lowest BCUT2D eigenvalue weighted by Crippen LogP contribution is -2.51. The van der Waals surface area contributed by atoms with Gasteiger partial charge in [0.25, 0.3) is 0 Å². The SMILES string of the molecule is CN=C(NCCCN(Cc1ccccc1)Cc1ccccc1)NCC1(OC)CCOCC1. The van der Waals surface area contributed by atoms with Gasteiger partial charge < -0.3 is 20.1 Å². The molecule has 2 N–H and O–H groups in total. The third kappa shape index (κ3) is 7.93. The van der Waals surface area contributed by atoms with Gasteiger partial charge in [-0.3, -0.25) is 9.89 Å². The number of guanidine groups is 1. The quantitative estimate of drug-likeness (QED) is 0.320. The molecule has 1 heterocycles. The van der Waals surface area contributed by atoms with Crippen molar-refractivity contribution in [2.24, 2.45) is 4.99 Å². The summed E-state index contributed by atoms with van der Waals surface area (Å²) in [5.41, 5.74) is 2.52. The van der Waals surface area contributed by atoms with E-state index in [-0.39, 0.29) is 5.60 Å². The van der Waals surface area contributed by atoms with Crippen LogP contribution in [0.5, 0.6) is 0 Å². The summed E-state index contributed by atoms with van der Waals surface area (Å²) < 4.78 is 11.3. The van der Waals surface area contributed by atoms with Crippen molar-refractivity contribution in [3.8, 4) is 0 Å². The van der Waals surface area contributed by atoms with Gasteiger partial charge in [0.15, 0.2) is 5.96 Å². The van der Waals surface area contributed by atoms with Crippen LogP contribution in [0, 0.1) is 0 Å². The first-order chi connectivity index (χ1) is 15.7. The van der Waals surface area contributed by atoms with Gasteiger partial charge in [0.2, 0.25) is 0 Å². The second-order valence-electron chi connectivity index (χ2n) is 8.39. The Kier molecular flexibility index (Phi) is 10.0. The van der Waals surface area contributed by atoms with Gasteiger partial charge in [-0.15, -0.1) is 0 Å². The molecule has 2 aromatic rings. The van der Waals surface area contributed by atoms with Crippen LogP contribution in [0.2, 0.25) is 0 Å². The number of aliphatic imine (C=N–C) groups is 1. The third-order valence-corrected chi connectivity index (χ3v) is 6.08. The molecule has 0 unspecified atom stereocenters. The van der Waals surface area contributed by atoms with Crippen LogP contribution >= 0.6 is 0 Å². The van der Waals surface area contributed by atoms with Gasteiger partial charge in [-0.1, -0.05) is 60.7 Å². The predicted octanol–water partition coefficient (Wildman–Crippen LogP) is 3.44. The summed E-state index contributed by atoms with van der Waals surface area (Å²) in [4.78, 5) is 6.89. The molecular formula is C26H38N4O2. The molecule has 0 saturated carbocycles. The maximum atomic E-state index is 5.81. The molecule has 1 aliphatic heterocycles. The summed E-state index contributed by atoms with van der Waals surface area (Å²) >= 11 is 0. The largest absolute Gasteiger partial charge is 0.381 e. The van der Waals surface area contributed by atoms with Crippen LogP contribution in [-0.4, -0.2) is 63.5 Å². The van der Waals surface area contributed by atoms with Crippen molar-refractivity contribution in [3.05, 3.63) is 71.8 Å². The second-order valence-corrected chi connectivity index (χ2v) is 8.39. The first-order valence-electron chi connectivity index (χ1n) is 11.6. The summed E-state index contributed by atoms with van der Waals surface area (Å²) in [6.07, 6.45) is 2.84. The van der Waals surface area contributed by atoms with Crippen LogP contribution < -0.4 is 10.6 Å². The standard InChI is InChI=1S/C26H38N4O2/c1-27-25(29-22-26(31-2)14-18-32-19-15-26)28-16-9-17-30(20-23-10-5-3-6-11-23)21-24-12-7-4-8-13-24/h3-8,10-13H,9,14-22H2,1-2H3,(H2,27,28,29). The van der Waals surface area contributed by atoms with E-state index in [2.05, 4.69) is 81.2 Å². The van der Waals surface area contributed by atoms with Gasteiger partial charge in [0.1, 0.15) is 0 Å². The van der Waals surface area contributed by atoms with Crippen molar-refractivity contribution in [2.45, 2.75) is 38.0 Å². The summed E-state index contributed by atoms with van der Waals surface area (Å²) in [5, 5.41) is 6.90. The highest BCUT2D eigenvalue weighted by atomic mass is 16.5. The minimum atomic E-state index is -0.169. The molecule has 0 aliphatic carbocycles. The van der Waals surface area contributed by atoms with Crippen LogP contribution in [-0.2, 0) is 22.6 Å². The van der Waals surface area contributed by atoms with E-state index in [1.807, 2.05) is 7.05 Å². The molecule has 0 radical (unpaired) electrons. The molecule has 32 heavy (non-hydrogen) atoms. The Hall–Kier alpha value is -2.41. The average molecular weight is 439 g/mol. The zero-order valence-corrected chi connectivity index (χ0v) is 19.6. The molecule has 0 atom stereocenters. The topological polar surface area (TPSA) is 58.1 Å². The molecule has 1 saturated heterocycles. The van der Waals surface area contributed by atoms with Crippen molar-refractivity contribution >= 4 is 5.96 Å². The number of nitrogens with zero attached hydrogens (tertiary/aromatic N) is 2. The number of ether oxygens (including phenoxy) is 2. The van der Waals surface area contributed by atoms with Gasteiger partial charge in [-0.05, 0) is 17.5 Å². The minimum absolute atomic E-state index is 0.169. The summed E-state index contributed by atoms with van der Waals surface area (Å²) in [7, 11) is 3.60. The smallest absolute Gasteiger partial charge is 0.191 e. The number of rotatable bonds is 11. The number of hydrogen-bond acceptors (Lipinski definition) is 4. The van der Waals surface area contributed by atoms with Crippen LogP contribution in [0.1, 0.15) is 30.4 Å². The van der Waals surface area contributed by atoms with E-state index in [1.54, 1.807) is 7.11 Å². The monoisotopic (exact) mass is 438 g/mol. The van der Waals surface area contributed by atoms with Crippen LogP contribution in [0.3, 0.4) is 0 Å². The molecule has 1 aliphatic rings. The Morgan fingerprint density at radius 1 is 0.969 bits per heavy atom. The summed E-state index contributed by atoms with van der Waals surface area (Å²) in [6.45, 7) is 6.00. The first kappa shape index (κ1) is 24.2. The molecular weight excluding hydrogens is 400 g/mol. The fourth-order valence-electron chi connectivity index (χ4n) is 4.07. The Labute approximate surface area is 193 Å². The molecule has 2 aromatic carbocycles. The van der Waals surface area contributed by atoms with Gasteiger partial charge in [-0.25, -0.2) is 0 Å². The van der Waals surface area contributed by atoms with E-state index in [9.17, 15) is 0 Å². The Morgan fingerprint density at radius 2 is 1.56 bits per heavy atom. The van der Waals surface area contributed by atoms with Gasteiger partial charge in [0, 0.05) is 72.9 Å². The van der Waals surface area contributed by atoms with E-state index >= 15 is 0 Å². The molecule has 6 nitrogen and oxygen atoms in total. The van der Waals surface area contributed by atoms with Crippen LogP contribution in [0.4, 0.5) is 0 Å². The zero-order chi connectivity index (χ0) is 22.5. The molecule has 0 aromatic heterocycles. The average Bonchev–Trinajstić information content (AvgIpc) is 2.85. The number of benzene rings is 2. The molecule has 3 rings (SSSR count). The van der Waals surface area contributed by atoms with Gasteiger partial charge in [0.05, 0.1) is 5.60 Å². The normalized spacial score (nSPS) is 16.2. The highest BCUT2D eigenvalue weighted by molar-refractivity contribution is 5.79. The fourth-order valence-corrected chi connectivity index (χ4v) is 4.07. The van der Waals surface area contributed by atoms with E-state index in [4.69, 9.17) is 9.47 Å². The molecule has 1 fully saturated rings. The van der Waals surface area contributed by atoms with Crippen molar-refractivity contribution in [1.82, 2.24) is 15.5 Å². The highest BCUT2D eigenvalue weighted by Gasteiger charge is 2.32. The lowest BCUT2D eigenvalue weighted by molar-refractivity contribution is -0.0855. The summed E-state index contributed by atoms with van der Waals surface area (Å²) in [5.74, 6) is 0.825. The molecule has 0 amide bonds. The first-order valence-corrected chi connectivity index (χ1v) is 11.6. The second kappa shape index (κ2) is 13.2. The van der Waals surface area contributed by atoms with Crippen molar-refractivity contribution in [3.63, 3.8) is 0 Å². The van der Waals surface area contributed by atoms with Gasteiger partial charge >= 0.3 is 0 Å². The Balaban J connectivity index is 1.46. The van der Waals surface area contributed by atoms with E-state index < -0.39 is 0 Å². The Bertz CT molecular complexity index is 750. The van der Waals surface area contributed by atoms with Crippen molar-refractivity contribution in [2.75, 3.05) is 47.0 Å². The molecule has 174 valence electrons. The Morgan fingerprint density at radius 3 is 2.09 bits per heavy atom. The fraction of sp³-hybridized carbons (Fsp3) is 0.500. The van der Waals surface area contributed by atoms with Crippen molar-refractivity contribution < 1.29 is 9.47 Å². The number of nitrogens with one attached hydrogen (secondary N) is 2. The minimum Gasteiger partial charge on any atom is -0.381 e. The van der Waals surface area contributed by atoms with Crippen LogP contribution in [0.15, 0.2) is 65.7 Å². The van der Waals surface area contributed by atoms with E-state index in [0.29, 0.717) is 0 Å². The zero-order valence-electron chi connectivity index (χ0n) is 19.6. The van der Waals surface area contributed by atoms with Crippen molar-refractivity contribution in [1.29, 1.82) is 0 Å². The number of methoxy groups -OCH3 is 1. The third-order valence-electron chi connectivity index (χ3n) is 6.08. The summed E-state index contributed by atoms with van der Waals surface area (Å²) in [6, 6.07) is 21.4. The maximum absolute atomic E-state index is 5.81. The molecule has 0 bridgehead atoms. The van der Waals surface area contributed by atoms with E-state index in [0.717, 1.165) is 71.2 Å². The van der Waals surface area contributed by atoms with E-state index in [1.165, 1.54) is 11.1 Å². The maximum Gasteiger partial charge on any atom is 0.191 e. The van der Waals surface area contributed by atoms with Crippen LogP contribution in [0.25, 0.3) is 0 Å². The predicted molar refractivity (Wildman–Crippen MR) is 131 cm³/mol. The highest BCUT2D eigenvalue weighted by Crippen LogP contribution is 2.23. The molecule has 6 heteroatoms. The number of hydrogen-bond donors (Lipinski definition) is 2. The lowest BCUT2D eigenvalue weighted by atomic mass is 9.94. The lowest BCUT2D eigenvalue weighted by Gasteiger charge is -2.36.